The number of benzene rings is 2. The van der Waals surface area contributed by atoms with Gasteiger partial charge in [-0.25, -0.2) is 4.98 Å². The van der Waals surface area contributed by atoms with Gasteiger partial charge in [-0.05, 0) is 43.9 Å². The summed E-state index contributed by atoms with van der Waals surface area (Å²) in [6, 6.07) is 15.1. The maximum absolute atomic E-state index is 12.8. The molecule has 0 saturated heterocycles. The zero-order chi connectivity index (χ0) is 18.7. The molecule has 0 unspecified atom stereocenters. The van der Waals surface area contributed by atoms with Gasteiger partial charge < -0.3 is 4.90 Å². The summed E-state index contributed by atoms with van der Waals surface area (Å²) in [5.41, 5.74) is 1.84. The molecule has 0 N–H and O–H groups in total. The molecule has 2 nitrogen and oxygen atoms in total. The molecular weight excluding hydrogens is 393 g/mol. The summed E-state index contributed by atoms with van der Waals surface area (Å²) in [7, 11) is 4.01. The average molecular weight is 413 g/mol. The van der Waals surface area contributed by atoms with Crippen LogP contribution in [0.2, 0.25) is 0 Å². The predicted molar refractivity (Wildman–Crippen MR) is 109 cm³/mol. The molecule has 1 aromatic heterocycles. The van der Waals surface area contributed by atoms with E-state index in [2.05, 4.69) is 4.90 Å². The number of hydrogen-bond acceptors (Lipinski definition) is 3. The molecule has 0 radical (unpaired) electrons. The van der Waals surface area contributed by atoms with Crippen LogP contribution in [-0.4, -0.2) is 36.3 Å². The fraction of sp³-hybridized carbons (Fsp3) is 0.250. The molecular formula is C20H20ClF3N2S. The Balaban J connectivity index is 0.00000261. The van der Waals surface area contributed by atoms with Gasteiger partial charge in [-0.3, -0.25) is 0 Å². The maximum Gasteiger partial charge on any atom is 0.416 e. The molecule has 0 saturated carbocycles. The first-order valence-corrected chi connectivity index (χ1v) is 9.18. The summed E-state index contributed by atoms with van der Waals surface area (Å²) in [5, 5.41) is 1.81. The zero-order valence-electron chi connectivity index (χ0n) is 15.0. The Hall–Kier alpha value is -1.76. The number of halogens is 4. The molecule has 0 fully saturated rings. The minimum Gasteiger partial charge on any atom is -0.309 e. The number of thioether (sulfide) groups is 1. The predicted octanol–water partition coefficient (Wildman–Crippen LogP) is 6.00. The lowest BCUT2D eigenvalue weighted by Crippen LogP contribution is -2.14. The van der Waals surface area contributed by atoms with E-state index in [1.54, 1.807) is 11.8 Å². The van der Waals surface area contributed by atoms with Crippen molar-refractivity contribution >= 4 is 35.1 Å². The van der Waals surface area contributed by atoms with E-state index in [9.17, 15) is 13.2 Å². The minimum absolute atomic E-state index is 0. The molecule has 0 atom stereocenters. The van der Waals surface area contributed by atoms with Crippen LogP contribution in [0, 0.1) is 0 Å². The van der Waals surface area contributed by atoms with E-state index < -0.39 is 11.7 Å². The van der Waals surface area contributed by atoms with Crippen molar-refractivity contribution in [2.75, 3.05) is 26.4 Å². The van der Waals surface area contributed by atoms with Crippen molar-refractivity contribution in [3.63, 3.8) is 0 Å². The molecule has 0 aliphatic heterocycles. The highest BCUT2D eigenvalue weighted by Crippen LogP contribution is 2.35. The lowest BCUT2D eigenvalue weighted by atomic mass is 10.0. The lowest BCUT2D eigenvalue weighted by molar-refractivity contribution is -0.137. The van der Waals surface area contributed by atoms with Crippen molar-refractivity contribution in [3.8, 4) is 11.1 Å². The van der Waals surface area contributed by atoms with Crippen molar-refractivity contribution in [2.45, 2.75) is 11.2 Å². The van der Waals surface area contributed by atoms with Crippen LogP contribution in [0.1, 0.15) is 5.56 Å². The van der Waals surface area contributed by atoms with Crippen molar-refractivity contribution < 1.29 is 13.2 Å². The molecule has 3 aromatic rings. The molecule has 2 aromatic carbocycles. The fourth-order valence-corrected chi connectivity index (χ4v) is 3.72. The maximum atomic E-state index is 12.8. The van der Waals surface area contributed by atoms with E-state index in [-0.39, 0.29) is 12.4 Å². The van der Waals surface area contributed by atoms with Gasteiger partial charge in [-0.15, -0.1) is 24.2 Å². The monoisotopic (exact) mass is 412 g/mol. The van der Waals surface area contributed by atoms with Gasteiger partial charge in [0.25, 0.3) is 0 Å². The molecule has 27 heavy (non-hydrogen) atoms. The molecule has 1 heterocycles. The molecule has 0 aliphatic rings. The number of nitrogens with zero attached hydrogens (tertiary/aromatic N) is 2. The van der Waals surface area contributed by atoms with Gasteiger partial charge in [0.2, 0.25) is 0 Å². The Morgan fingerprint density at radius 3 is 2.30 bits per heavy atom. The first-order chi connectivity index (χ1) is 12.3. The molecule has 0 amide bonds. The number of pyridine rings is 1. The summed E-state index contributed by atoms with van der Waals surface area (Å²) in [5.74, 6) is 0.853. The molecule has 144 valence electrons. The van der Waals surface area contributed by atoms with Crippen LogP contribution in [0.3, 0.4) is 0 Å². The highest BCUT2D eigenvalue weighted by molar-refractivity contribution is 7.99. The van der Waals surface area contributed by atoms with Crippen LogP contribution in [0.5, 0.6) is 0 Å². The van der Waals surface area contributed by atoms with Gasteiger partial charge in [0.1, 0.15) is 5.03 Å². The topological polar surface area (TPSA) is 16.1 Å². The smallest absolute Gasteiger partial charge is 0.309 e. The third-order valence-corrected chi connectivity index (χ3v) is 4.96. The van der Waals surface area contributed by atoms with Crippen LogP contribution in [-0.2, 0) is 6.18 Å². The fourth-order valence-electron chi connectivity index (χ4n) is 2.58. The molecule has 0 spiro atoms. The van der Waals surface area contributed by atoms with Gasteiger partial charge in [0, 0.05) is 23.2 Å². The molecule has 3 rings (SSSR count). The Kier molecular flexibility index (Phi) is 7.14. The summed E-state index contributed by atoms with van der Waals surface area (Å²) in [4.78, 5) is 6.83. The second-order valence-corrected chi connectivity index (χ2v) is 7.34. The Morgan fingerprint density at radius 2 is 1.67 bits per heavy atom. The van der Waals surface area contributed by atoms with Gasteiger partial charge >= 0.3 is 6.18 Å². The van der Waals surface area contributed by atoms with E-state index in [4.69, 9.17) is 4.98 Å². The Morgan fingerprint density at radius 1 is 1.00 bits per heavy atom. The van der Waals surface area contributed by atoms with Crippen LogP contribution >= 0.6 is 24.2 Å². The molecule has 0 aliphatic carbocycles. The first-order valence-electron chi connectivity index (χ1n) is 8.19. The van der Waals surface area contributed by atoms with E-state index in [1.165, 1.54) is 12.1 Å². The summed E-state index contributed by atoms with van der Waals surface area (Å²) < 4.78 is 38.5. The first kappa shape index (κ1) is 21.5. The second-order valence-electron chi connectivity index (χ2n) is 6.26. The van der Waals surface area contributed by atoms with Crippen LogP contribution in [0.15, 0.2) is 59.6 Å². The third kappa shape index (κ3) is 5.37. The van der Waals surface area contributed by atoms with Gasteiger partial charge in [0.05, 0.1) is 11.1 Å². The average Bonchev–Trinajstić information content (AvgIpc) is 2.60. The number of aromatic nitrogens is 1. The van der Waals surface area contributed by atoms with Crippen LogP contribution < -0.4 is 0 Å². The van der Waals surface area contributed by atoms with E-state index in [1.807, 2.05) is 44.4 Å². The number of hydrogen-bond donors (Lipinski definition) is 0. The standard InChI is InChI=1S/C20H19F3N2S.ClH/c1-25(2)11-12-26-19-17(13-15-5-3-4-6-18(15)24-19)14-7-9-16(10-8-14)20(21,22)23;/h3-10,13H,11-12H2,1-2H3;1H. The second kappa shape index (κ2) is 8.95. The highest BCUT2D eigenvalue weighted by Gasteiger charge is 2.30. The van der Waals surface area contributed by atoms with Crippen LogP contribution in [0.4, 0.5) is 13.2 Å². The SMILES string of the molecule is CN(C)CCSc1nc2ccccc2cc1-c1ccc(C(F)(F)F)cc1.Cl. The van der Waals surface area contributed by atoms with Crippen molar-refractivity contribution in [1.82, 2.24) is 9.88 Å². The van der Waals surface area contributed by atoms with Crippen molar-refractivity contribution in [2.24, 2.45) is 0 Å². The van der Waals surface area contributed by atoms with Crippen molar-refractivity contribution in [3.05, 3.63) is 60.2 Å². The normalized spacial score (nSPS) is 11.6. The lowest BCUT2D eigenvalue weighted by Gasteiger charge is -2.13. The van der Waals surface area contributed by atoms with Gasteiger partial charge in [-0.2, -0.15) is 13.2 Å². The van der Waals surface area contributed by atoms with Gasteiger partial charge in [-0.1, -0.05) is 30.3 Å². The molecule has 7 heteroatoms. The van der Waals surface area contributed by atoms with E-state index >= 15 is 0 Å². The minimum atomic E-state index is -4.33. The number of para-hydroxylation sites is 1. The largest absolute Gasteiger partial charge is 0.416 e. The van der Waals surface area contributed by atoms with Crippen LogP contribution in [0.25, 0.3) is 22.0 Å². The van der Waals surface area contributed by atoms with E-state index in [0.29, 0.717) is 0 Å². The summed E-state index contributed by atoms with van der Waals surface area (Å²) in [6.45, 7) is 0.894. The Labute approximate surface area is 167 Å². The number of rotatable bonds is 5. The summed E-state index contributed by atoms with van der Waals surface area (Å²) in [6.07, 6.45) is -4.33. The Bertz CT molecular complexity index is 896. The third-order valence-electron chi connectivity index (χ3n) is 3.99. The van der Waals surface area contributed by atoms with Gasteiger partial charge in [0.15, 0.2) is 0 Å². The highest BCUT2D eigenvalue weighted by atomic mass is 35.5. The molecule has 0 bridgehead atoms. The number of fused-ring (bicyclic) bond motifs is 1. The van der Waals surface area contributed by atoms with Crippen molar-refractivity contribution in [1.29, 1.82) is 0 Å². The zero-order valence-corrected chi connectivity index (χ0v) is 16.6. The number of alkyl halides is 3. The van der Waals surface area contributed by atoms with E-state index in [0.717, 1.165) is 51.5 Å². The quantitative estimate of drug-likeness (QED) is 0.478. The summed E-state index contributed by atoms with van der Waals surface area (Å²) >= 11 is 1.62.